The largest absolute Gasteiger partial charge is 0.391 e. The standard InChI is InChI=1S/C28H30F2N8O2/c1-2-17-12-31-28(32-13-17)36-8-5-19(6-9-36)38-15-22(30)24-25(33-16-34-26(24)38)35-23-4-3-18(11-21(23)29)27(40)37-10-7-20(39)14-37/h3-4,11-13,15-16,19-20,39H,2,5-10,14H2,1H3,(H,33,34,35)/t20-/m1/s1. The molecule has 0 saturated carbocycles. The number of aromatic nitrogens is 5. The Morgan fingerprint density at radius 1 is 1.05 bits per heavy atom. The SMILES string of the molecule is CCc1cnc(N2CCC(n3cc(F)c4c(Nc5ccc(C(=O)N6CC[C@@H](O)C6)cc5F)ncnc43)CC2)nc1. The number of β-amino-alcohol motifs (C(OH)–C–C–N with tert-alkyl or cyclic N) is 1. The maximum absolute atomic E-state index is 15.3. The minimum Gasteiger partial charge on any atom is -0.391 e. The number of hydrogen-bond donors (Lipinski definition) is 2. The van der Waals surface area contributed by atoms with Crippen LogP contribution in [0.15, 0.2) is 43.1 Å². The van der Waals surface area contributed by atoms with Gasteiger partial charge in [0.2, 0.25) is 5.95 Å². The van der Waals surface area contributed by atoms with Crippen LogP contribution in [0.25, 0.3) is 11.0 Å². The number of nitrogens with zero attached hydrogens (tertiary/aromatic N) is 7. The van der Waals surface area contributed by atoms with Gasteiger partial charge >= 0.3 is 0 Å². The van der Waals surface area contributed by atoms with Crippen molar-refractivity contribution in [2.24, 2.45) is 0 Å². The van der Waals surface area contributed by atoms with Gasteiger partial charge in [0.05, 0.1) is 17.2 Å². The molecule has 4 aromatic rings. The number of benzene rings is 1. The molecule has 10 nitrogen and oxygen atoms in total. The highest BCUT2D eigenvalue weighted by molar-refractivity contribution is 5.95. The van der Waals surface area contributed by atoms with Gasteiger partial charge in [-0.25, -0.2) is 28.7 Å². The second-order valence-electron chi connectivity index (χ2n) is 10.3. The van der Waals surface area contributed by atoms with Crippen molar-refractivity contribution in [3.05, 3.63) is 65.9 Å². The van der Waals surface area contributed by atoms with Crippen LogP contribution in [0.2, 0.25) is 0 Å². The lowest BCUT2D eigenvalue weighted by atomic mass is 10.1. The van der Waals surface area contributed by atoms with Gasteiger partial charge < -0.3 is 24.8 Å². The highest BCUT2D eigenvalue weighted by Gasteiger charge is 2.27. The molecule has 2 aliphatic heterocycles. The molecule has 6 rings (SSSR count). The Hall–Kier alpha value is -4.19. The number of carbonyl (C=O) groups is 1. The van der Waals surface area contributed by atoms with E-state index in [0.717, 1.165) is 44.0 Å². The summed E-state index contributed by atoms with van der Waals surface area (Å²) in [6, 6.07) is 4.10. The van der Waals surface area contributed by atoms with Crippen LogP contribution >= 0.6 is 0 Å². The van der Waals surface area contributed by atoms with Crippen molar-refractivity contribution in [3.63, 3.8) is 0 Å². The molecule has 2 fully saturated rings. The van der Waals surface area contributed by atoms with E-state index >= 15 is 8.78 Å². The van der Waals surface area contributed by atoms with E-state index in [4.69, 9.17) is 0 Å². The van der Waals surface area contributed by atoms with E-state index in [9.17, 15) is 9.90 Å². The van der Waals surface area contributed by atoms with E-state index < -0.39 is 17.7 Å². The molecule has 1 atom stereocenters. The predicted molar refractivity (Wildman–Crippen MR) is 146 cm³/mol. The molecule has 0 unspecified atom stereocenters. The highest BCUT2D eigenvalue weighted by atomic mass is 19.1. The number of piperidine rings is 1. The number of likely N-dealkylation sites (tertiary alicyclic amines) is 1. The summed E-state index contributed by atoms with van der Waals surface area (Å²) < 4.78 is 32.1. The molecule has 0 bridgehead atoms. The van der Waals surface area contributed by atoms with Crippen LogP contribution < -0.4 is 10.2 Å². The van der Waals surface area contributed by atoms with Crippen molar-refractivity contribution < 1.29 is 18.7 Å². The number of amides is 1. The molecule has 3 aromatic heterocycles. The van der Waals surface area contributed by atoms with Crippen molar-refractivity contribution in [1.82, 2.24) is 29.4 Å². The van der Waals surface area contributed by atoms with Crippen LogP contribution in [0, 0.1) is 11.6 Å². The Morgan fingerprint density at radius 2 is 1.82 bits per heavy atom. The van der Waals surface area contributed by atoms with E-state index in [2.05, 4.69) is 37.1 Å². The number of hydrogen-bond acceptors (Lipinski definition) is 8. The lowest BCUT2D eigenvalue weighted by molar-refractivity contribution is 0.0764. The van der Waals surface area contributed by atoms with Crippen molar-refractivity contribution in [1.29, 1.82) is 0 Å². The van der Waals surface area contributed by atoms with Gasteiger partial charge in [0.15, 0.2) is 5.82 Å². The quantitative estimate of drug-likeness (QED) is 0.374. The molecular weight excluding hydrogens is 518 g/mol. The molecule has 2 N–H and O–H groups in total. The fourth-order valence-electron chi connectivity index (χ4n) is 5.44. The van der Waals surface area contributed by atoms with Crippen LogP contribution in [0.3, 0.4) is 0 Å². The van der Waals surface area contributed by atoms with Gasteiger partial charge in [0, 0.05) is 56.4 Å². The van der Waals surface area contributed by atoms with Crippen molar-refractivity contribution >= 4 is 34.4 Å². The third-order valence-electron chi connectivity index (χ3n) is 7.72. The molecule has 1 aromatic carbocycles. The molecule has 2 saturated heterocycles. The van der Waals surface area contributed by atoms with E-state index in [1.165, 1.54) is 29.6 Å². The first-order valence-electron chi connectivity index (χ1n) is 13.5. The maximum Gasteiger partial charge on any atom is 0.254 e. The van der Waals surface area contributed by atoms with Gasteiger partial charge in [0.25, 0.3) is 5.91 Å². The number of carbonyl (C=O) groups excluding carboxylic acids is 1. The van der Waals surface area contributed by atoms with Crippen molar-refractivity contribution in [2.75, 3.05) is 36.4 Å². The first-order chi connectivity index (χ1) is 19.4. The Labute approximate surface area is 229 Å². The minimum absolute atomic E-state index is 0.0204. The van der Waals surface area contributed by atoms with Crippen LogP contribution in [0.4, 0.5) is 26.2 Å². The number of aryl methyl sites for hydroxylation is 1. The Bertz CT molecular complexity index is 1540. The van der Waals surface area contributed by atoms with Gasteiger partial charge in [-0.05, 0) is 49.4 Å². The first-order valence-corrected chi connectivity index (χ1v) is 13.5. The first kappa shape index (κ1) is 26.1. The molecule has 1 amide bonds. The Balaban J connectivity index is 1.19. The number of halogens is 2. The Morgan fingerprint density at radius 3 is 2.50 bits per heavy atom. The van der Waals surface area contributed by atoms with Gasteiger partial charge in [0.1, 0.15) is 23.6 Å². The fourth-order valence-corrected chi connectivity index (χ4v) is 5.44. The summed E-state index contributed by atoms with van der Waals surface area (Å²) in [7, 11) is 0. The fraction of sp³-hybridized carbons (Fsp3) is 0.393. The molecule has 208 valence electrons. The summed E-state index contributed by atoms with van der Waals surface area (Å²) in [5.41, 5.74) is 1.76. The number of anilines is 3. The molecule has 5 heterocycles. The minimum atomic E-state index is -0.668. The molecule has 40 heavy (non-hydrogen) atoms. The van der Waals surface area contributed by atoms with E-state index in [1.807, 2.05) is 17.0 Å². The monoisotopic (exact) mass is 548 g/mol. The summed E-state index contributed by atoms with van der Waals surface area (Å²) in [6.45, 7) is 4.16. The van der Waals surface area contributed by atoms with Crippen molar-refractivity contribution in [3.8, 4) is 0 Å². The summed E-state index contributed by atoms with van der Waals surface area (Å²) in [5.74, 6) is -0.674. The zero-order valence-electron chi connectivity index (χ0n) is 22.1. The maximum atomic E-state index is 15.3. The van der Waals surface area contributed by atoms with Crippen LogP contribution in [-0.2, 0) is 6.42 Å². The van der Waals surface area contributed by atoms with E-state index in [1.54, 1.807) is 0 Å². The number of rotatable bonds is 6. The molecule has 0 aliphatic carbocycles. The van der Waals surface area contributed by atoms with Crippen molar-refractivity contribution in [2.45, 2.75) is 44.8 Å². The summed E-state index contributed by atoms with van der Waals surface area (Å²) >= 11 is 0. The summed E-state index contributed by atoms with van der Waals surface area (Å²) in [5, 5.41) is 12.8. The third kappa shape index (κ3) is 4.94. The van der Waals surface area contributed by atoms with E-state index in [0.29, 0.717) is 24.6 Å². The van der Waals surface area contributed by atoms with Crippen LogP contribution in [-0.4, -0.2) is 72.7 Å². The number of aliphatic hydroxyl groups excluding tert-OH is 1. The molecule has 0 radical (unpaired) electrons. The second-order valence-corrected chi connectivity index (χ2v) is 10.3. The number of aliphatic hydroxyl groups is 1. The summed E-state index contributed by atoms with van der Waals surface area (Å²) in [4.78, 5) is 33.8. The smallest absolute Gasteiger partial charge is 0.254 e. The van der Waals surface area contributed by atoms with Gasteiger partial charge in [-0.15, -0.1) is 0 Å². The molecule has 2 aliphatic rings. The third-order valence-corrected chi connectivity index (χ3v) is 7.72. The lowest BCUT2D eigenvalue weighted by Gasteiger charge is -2.32. The van der Waals surface area contributed by atoms with Gasteiger partial charge in [-0.1, -0.05) is 6.92 Å². The molecular formula is C28H30F2N8O2. The average molecular weight is 549 g/mol. The topological polar surface area (TPSA) is 112 Å². The molecule has 12 heteroatoms. The Kier molecular flexibility index (Phi) is 7.01. The second kappa shape index (κ2) is 10.8. The normalized spacial score (nSPS) is 18.1. The molecule has 0 spiro atoms. The lowest BCUT2D eigenvalue weighted by Crippen LogP contribution is -2.35. The number of nitrogens with one attached hydrogen (secondary N) is 1. The van der Waals surface area contributed by atoms with Crippen LogP contribution in [0.5, 0.6) is 0 Å². The van der Waals surface area contributed by atoms with E-state index in [-0.39, 0.29) is 40.9 Å². The summed E-state index contributed by atoms with van der Waals surface area (Å²) in [6.07, 6.45) is 8.80. The van der Waals surface area contributed by atoms with Gasteiger partial charge in [-0.3, -0.25) is 4.79 Å². The number of fused-ring (bicyclic) bond motifs is 1. The highest BCUT2D eigenvalue weighted by Crippen LogP contribution is 2.33. The average Bonchev–Trinajstić information content (AvgIpc) is 3.57. The predicted octanol–water partition coefficient (Wildman–Crippen LogP) is 3.85. The van der Waals surface area contributed by atoms with Crippen LogP contribution in [0.1, 0.15) is 48.1 Å². The zero-order valence-corrected chi connectivity index (χ0v) is 22.1. The van der Waals surface area contributed by atoms with Gasteiger partial charge in [-0.2, -0.15) is 0 Å². The zero-order chi connectivity index (χ0) is 27.8.